The molecule has 2 heterocycles. The zero-order valence-electron chi connectivity index (χ0n) is 18.8. The molecule has 0 saturated carbocycles. The minimum Gasteiger partial charge on any atom is -0.497 e. The molecule has 2 fully saturated rings. The Balaban J connectivity index is 1.48. The average molecular weight is 466 g/mol. The summed E-state index contributed by atoms with van der Waals surface area (Å²) in [5, 5.41) is 3.99. The number of piperidine rings is 1. The van der Waals surface area contributed by atoms with Gasteiger partial charge in [-0.25, -0.2) is 9.59 Å². The van der Waals surface area contributed by atoms with E-state index in [4.69, 9.17) is 31.2 Å². The first kappa shape index (κ1) is 23.9. The minimum absolute atomic E-state index is 0.0472. The van der Waals surface area contributed by atoms with Crippen LogP contribution in [0.1, 0.15) is 25.3 Å². The molecule has 1 aromatic rings. The number of likely N-dealkylation sites (tertiary alicyclic amines) is 1. The van der Waals surface area contributed by atoms with Crippen molar-refractivity contribution in [2.75, 3.05) is 47.1 Å². The number of hydrogen-bond donors (Lipinski definition) is 1. The van der Waals surface area contributed by atoms with E-state index in [9.17, 15) is 9.59 Å². The first-order valence-electron chi connectivity index (χ1n) is 10.8. The molecule has 32 heavy (non-hydrogen) atoms. The Bertz CT molecular complexity index is 828. The summed E-state index contributed by atoms with van der Waals surface area (Å²) in [5.41, 5.74) is 1.04. The molecule has 1 aromatic carbocycles. The van der Waals surface area contributed by atoms with E-state index < -0.39 is 18.1 Å². The van der Waals surface area contributed by atoms with Crippen molar-refractivity contribution < 1.29 is 28.5 Å². The van der Waals surface area contributed by atoms with E-state index in [1.54, 1.807) is 26.0 Å². The molecule has 0 aliphatic carbocycles. The maximum absolute atomic E-state index is 12.2. The van der Waals surface area contributed by atoms with Gasteiger partial charge in [-0.2, -0.15) is 0 Å². The number of esters is 1. The molecule has 0 radical (unpaired) electrons. The van der Waals surface area contributed by atoms with Crippen LogP contribution in [0.5, 0.6) is 11.5 Å². The van der Waals surface area contributed by atoms with E-state index in [1.807, 2.05) is 18.2 Å². The second-order valence-corrected chi connectivity index (χ2v) is 8.02. The van der Waals surface area contributed by atoms with Crippen molar-refractivity contribution >= 4 is 29.4 Å². The topological polar surface area (TPSA) is 89.6 Å². The molecule has 1 atom stereocenters. The number of ether oxygens (including phenoxy) is 4. The number of hydrogen-bond acceptors (Lipinski definition) is 7. The molecule has 2 saturated heterocycles. The summed E-state index contributed by atoms with van der Waals surface area (Å²) in [7, 11) is 3.29. The Kier molecular flexibility index (Phi) is 8.38. The molecule has 9 nitrogen and oxygen atoms in total. The predicted octanol–water partition coefficient (Wildman–Crippen LogP) is 1.97. The van der Waals surface area contributed by atoms with Crippen molar-refractivity contribution in [2.24, 2.45) is 0 Å². The average Bonchev–Trinajstić information content (AvgIpc) is 3.20. The number of nitrogens with zero attached hydrogens (tertiary/aromatic N) is 2. The molecule has 176 valence electrons. The largest absolute Gasteiger partial charge is 0.497 e. The van der Waals surface area contributed by atoms with Crippen LogP contribution in [0.15, 0.2) is 18.2 Å². The highest BCUT2D eigenvalue weighted by Gasteiger charge is 2.44. The van der Waals surface area contributed by atoms with Crippen LogP contribution in [0.2, 0.25) is 0 Å². The third-order valence-electron chi connectivity index (χ3n) is 5.77. The Hall–Kier alpha value is -2.75. The van der Waals surface area contributed by atoms with E-state index in [-0.39, 0.29) is 19.3 Å². The lowest BCUT2D eigenvalue weighted by atomic mass is 10.0. The first-order valence-corrected chi connectivity index (χ1v) is 11.2. The lowest BCUT2D eigenvalue weighted by Crippen LogP contribution is -2.53. The molecule has 10 heteroatoms. The van der Waals surface area contributed by atoms with Crippen LogP contribution in [-0.4, -0.2) is 86.1 Å². The lowest BCUT2D eigenvalue weighted by Gasteiger charge is -2.38. The summed E-state index contributed by atoms with van der Waals surface area (Å²) in [6, 6.07) is 4.99. The molecule has 3 rings (SSSR count). The van der Waals surface area contributed by atoms with Gasteiger partial charge in [0.2, 0.25) is 0 Å². The standard InChI is InChI=1S/C22H31N3O6S/c1-4-30-20(26)18-14-31-22(27)25(18)16-8-11-24(12-9-16)21(32)23-10-7-15-13-17(28-2)5-6-19(15)29-3/h5-6,13,16,18H,4,7-12,14H2,1-3H3,(H,23,32). The molecule has 1 amide bonds. The Morgan fingerprint density at radius 3 is 2.66 bits per heavy atom. The van der Waals surface area contributed by atoms with Crippen LogP contribution in [0.4, 0.5) is 4.79 Å². The number of benzene rings is 1. The van der Waals surface area contributed by atoms with Gasteiger partial charge in [0.25, 0.3) is 0 Å². The highest BCUT2D eigenvalue weighted by molar-refractivity contribution is 7.80. The first-order chi connectivity index (χ1) is 15.5. The van der Waals surface area contributed by atoms with Crippen molar-refractivity contribution in [3.8, 4) is 11.5 Å². The number of carbonyl (C=O) groups is 2. The maximum Gasteiger partial charge on any atom is 0.410 e. The van der Waals surface area contributed by atoms with Crippen LogP contribution < -0.4 is 14.8 Å². The van der Waals surface area contributed by atoms with Crippen molar-refractivity contribution in [3.63, 3.8) is 0 Å². The number of cyclic esters (lactones) is 1. The van der Waals surface area contributed by atoms with Crippen molar-refractivity contribution in [3.05, 3.63) is 23.8 Å². The van der Waals surface area contributed by atoms with Gasteiger partial charge in [-0.15, -0.1) is 0 Å². The molecular formula is C22H31N3O6S. The van der Waals surface area contributed by atoms with Gasteiger partial charge in [0.1, 0.15) is 18.1 Å². The second kappa shape index (κ2) is 11.2. The van der Waals surface area contributed by atoms with Gasteiger partial charge in [-0.1, -0.05) is 0 Å². The number of nitrogens with one attached hydrogen (secondary N) is 1. The zero-order valence-corrected chi connectivity index (χ0v) is 19.6. The van der Waals surface area contributed by atoms with E-state index in [0.29, 0.717) is 37.6 Å². The SMILES string of the molecule is CCOC(=O)C1COC(=O)N1C1CCN(C(=S)NCCc2cc(OC)ccc2OC)CC1. The highest BCUT2D eigenvalue weighted by Crippen LogP contribution is 2.26. The molecule has 2 aliphatic rings. The molecule has 2 aliphatic heterocycles. The number of rotatable bonds is 8. The normalized spacial score (nSPS) is 18.8. The minimum atomic E-state index is -0.665. The molecule has 0 aromatic heterocycles. The number of thiocarbonyl (C=S) groups is 1. The van der Waals surface area contributed by atoms with Gasteiger partial charge >= 0.3 is 12.1 Å². The summed E-state index contributed by atoms with van der Waals surface area (Å²) in [6.07, 6.45) is 1.69. The summed E-state index contributed by atoms with van der Waals surface area (Å²) in [6.45, 7) is 4.11. The fourth-order valence-corrected chi connectivity index (χ4v) is 4.38. The summed E-state index contributed by atoms with van der Waals surface area (Å²) < 4.78 is 20.9. The molecule has 0 spiro atoms. The van der Waals surface area contributed by atoms with Crippen LogP contribution in [0.25, 0.3) is 0 Å². The molecule has 1 unspecified atom stereocenters. The number of amides is 1. The van der Waals surface area contributed by atoms with Gasteiger partial charge < -0.3 is 29.2 Å². The predicted molar refractivity (Wildman–Crippen MR) is 122 cm³/mol. The third kappa shape index (κ3) is 5.53. The second-order valence-electron chi connectivity index (χ2n) is 7.63. The smallest absolute Gasteiger partial charge is 0.410 e. The lowest BCUT2D eigenvalue weighted by molar-refractivity contribution is -0.148. The molecule has 1 N–H and O–H groups in total. The number of carbonyl (C=O) groups excluding carboxylic acids is 2. The molecular weight excluding hydrogens is 434 g/mol. The van der Waals surface area contributed by atoms with E-state index in [2.05, 4.69) is 10.2 Å². The Labute approximate surface area is 193 Å². The van der Waals surface area contributed by atoms with Gasteiger partial charge in [-0.3, -0.25) is 4.90 Å². The van der Waals surface area contributed by atoms with Gasteiger partial charge in [-0.05, 0) is 62.2 Å². The zero-order chi connectivity index (χ0) is 23.1. The highest BCUT2D eigenvalue weighted by atomic mass is 32.1. The van der Waals surface area contributed by atoms with Gasteiger partial charge in [0.05, 0.1) is 20.8 Å². The molecule has 0 bridgehead atoms. The third-order valence-corrected chi connectivity index (χ3v) is 6.18. The van der Waals surface area contributed by atoms with Crippen molar-refractivity contribution in [2.45, 2.75) is 38.3 Å². The number of methoxy groups -OCH3 is 2. The fourth-order valence-electron chi connectivity index (χ4n) is 4.10. The van der Waals surface area contributed by atoms with Gasteiger partial charge in [0, 0.05) is 25.7 Å². The van der Waals surface area contributed by atoms with Crippen molar-refractivity contribution in [1.82, 2.24) is 15.1 Å². The summed E-state index contributed by atoms with van der Waals surface area (Å²) >= 11 is 5.57. The van der Waals surface area contributed by atoms with E-state index in [1.165, 1.54) is 0 Å². The van der Waals surface area contributed by atoms with Crippen LogP contribution >= 0.6 is 12.2 Å². The van der Waals surface area contributed by atoms with Crippen molar-refractivity contribution in [1.29, 1.82) is 0 Å². The van der Waals surface area contributed by atoms with E-state index >= 15 is 0 Å². The monoisotopic (exact) mass is 465 g/mol. The van der Waals surface area contributed by atoms with Gasteiger partial charge in [0.15, 0.2) is 11.2 Å². The summed E-state index contributed by atoms with van der Waals surface area (Å²) in [5.74, 6) is 1.19. The maximum atomic E-state index is 12.2. The quantitative estimate of drug-likeness (QED) is 0.457. The van der Waals surface area contributed by atoms with Crippen LogP contribution in [0.3, 0.4) is 0 Å². The van der Waals surface area contributed by atoms with Crippen LogP contribution in [0, 0.1) is 0 Å². The Morgan fingerprint density at radius 2 is 2.00 bits per heavy atom. The fraction of sp³-hybridized carbons (Fsp3) is 0.591. The Morgan fingerprint density at radius 1 is 1.25 bits per heavy atom. The van der Waals surface area contributed by atoms with E-state index in [0.717, 1.165) is 23.5 Å². The van der Waals surface area contributed by atoms with Crippen LogP contribution in [-0.2, 0) is 20.7 Å². The summed E-state index contributed by atoms with van der Waals surface area (Å²) in [4.78, 5) is 28.0.